The van der Waals surface area contributed by atoms with Gasteiger partial charge in [0, 0.05) is 19.1 Å². The first-order valence-electron chi connectivity index (χ1n) is 10.7. The SMILES string of the molecule is CC(N)C1CCCN(C(=O)CN2C(=O)NC3(CCC(C(C)(C)C)CC3)C2=O)C1.Cl. The van der Waals surface area contributed by atoms with Gasteiger partial charge in [-0.2, -0.15) is 0 Å². The molecule has 1 aliphatic carbocycles. The number of hydrogen-bond acceptors (Lipinski definition) is 4. The molecule has 3 N–H and O–H groups in total. The lowest BCUT2D eigenvalue weighted by atomic mass is 9.67. The molecule has 7 nitrogen and oxygen atoms in total. The van der Waals surface area contributed by atoms with Crippen molar-refractivity contribution < 1.29 is 14.4 Å². The van der Waals surface area contributed by atoms with Crippen molar-refractivity contribution in [1.82, 2.24) is 15.1 Å². The van der Waals surface area contributed by atoms with Crippen molar-refractivity contribution in [1.29, 1.82) is 0 Å². The minimum atomic E-state index is -0.810. The first-order valence-corrected chi connectivity index (χ1v) is 10.7. The highest BCUT2D eigenvalue weighted by molar-refractivity contribution is 6.09. The minimum absolute atomic E-state index is 0. The van der Waals surface area contributed by atoms with Crippen LogP contribution in [0, 0.1) is 17.3 Å². The predicted octanol–water partition coefficient (Wildman–Crippen LogP) is 2.52. The van der Waals surface area contributed by atoms with Crippen molar-refractivity contribution in [3.63, 3.8) is 0 Å². The summed E-state index contributed by atoms with van der Waals surface area (Å²) in [4.78, 5) is 41.3. The molecule has 0 radical (unpaired) electrons. The summed E-state index contributed by atoms with van der Waals surface area (Å²) in [6, 6.07) is -0.387. The Bertz CT molecular complexity index is 638. The Kier molecular flexibility index (Phi) is 7.26. The van der Waals surface area contributed by atoms with Gasteiger partial charge in [0.1, 0.15) is 12.1 Å². The summed E-state index contributed by atoms with van der Waals surface area (Å²) in [5, 5.41) is 2.92. The molecule has 1 saturated carbocycles. The highest BCUT2D eigenvalue weighted by Crippen LogP contribution is 2.43. The predicted molar refractivity (Wildman–Crippen MR) is 115 cm³/mol. The fraction of sp³-hybridized carbons (Fsp3) is 0.857. The van der Waals surface area contributed by atoms with E-state index in [1.807, 2.05) is 6.92 Å². The van der Waals surface area contributed by atoms with Gasteiger partial charge in [-0.1, -0.05) is 20.8 Å². The van der Waals surface area contributed by atoms with E-state index in [-0.39, 0.29) is 48.1 Å². The molecule has 2 aliphatic heterocycles. The van der Waals surface area contributed by atoms with E-state index in [1.165, 1.54) is 0 Å². The maximum absolute atomic E-state index is 13.1. The number of nitrogens with one attached hydrogen (secondary N) is 1. The number of halogens is 1. The zero-order valence-electron chi connectivity index (χ0n) is 18.2. The fourth-order valence-electron chi connectivity index (χ4n) is 5.04. The second kappa shape index (κ2) is 8.80. The first-order chi connectivity index (χ1) is 13.0. The number of piperidine rings is 1. The standard InChI is InChI=1S/C21H36N4O3.ClH/c1-14(22)15-6-5-11-24(12-15)17(26)13-25-18(27)21(23-19(25)28)9-7-16(8-10-21)20(2,3)4;/h14-16H,5-13,22H2,1-4H3,(H,23,28);1H. The van der Waals surface area contributed by atoms with Gasteiger partial charge >= 0.3 is 6.03 Å². The van der Waals surface area contributed by atoms with E-state index in [1.54, 1.807) is 4.90 Å². The monoisotopic (exact) mass is 428 g/mol. The number of imide groups is 1. The Balaban J connectivity index is 0.00000300. The van der Waals surface area contributed by atoms with Crippen LogP contribution in [0.3, 0.4) is 0 Å². The van der Waals surface area contributed by atoms with Gasteiger partial charge in [0.15, 0.2) is 0 Å². The molecule has 0 aromatic heterocycles. The molecule has 29 heavy (non-hydrogen) atoms. The topological polar surface area (TPSA) is 95.7 Å². The Morgan fingerprint density at radius 2 is 1.86 bits per heavy atom. The molecule has 2 saturated heterocycles. The van der Waals surface area contributed by atoms with E-state index in [0.29, 0.717) is 31.8 Å². The number of nitrogens with zero attached hydrogens (tertiary/aromatic N) is 2. The van der Waals surface area contributed by atoms with Crippen LogP contribution in [0.5, 0.6) is 0 Å². The lowest BCUT2D eigenvalue weighted by Gasteiger charge is -2.40. The van der Waals surface area contributed by atoms with E-state index >= 15 is 0 Å². The van der Waals surface area contributed by atoms with Crippen molar-refractivity contribution >= 4 is 30.3 Å². The van der Waals surface area contributed by atoms with Gasteiger partial charge in [0.05, 0.1) is 0 Å². The molecular formula is C21H37ClN4O3. The molecule has 3 fully saturated rings. The maximum atomic E-state index is 13.1. The number of rotatable bonds is 3. The summed E-state index contributed by atoms with van der Waals surface area (Å²) < 4.78 is 0. The van der Waals surface area contributed by atoms with E-state index in [9.17, 15) is 14.4 Å². The third-order valence-electron chi connectivity index (χ3n) is 7.16. The Hall–Kier alpha value is -1.34. The molecule has 4 amide bonds. The zero-order chi connectivity index (χ0) is 20.7. The molecule has 2 unspecified atom stereocenters. The molecule has 2 atom stereocenters. The lowest BCUT2D eigenvalue weighted by Crippen LogP contribution is -2.52. The molecule has 0 bridgehead atoms. The van der Waals surface area contributed by atoms with Crippen LogP contribution in [0.15, 0.2) is 0 Å². The molecule has 1 spiro atoms. The summed E-state index contributed by atoms with van der Waals surface area (Å²) in [5.41, 5.74) is 5.40. The van der Waals surface area contributed by atoms with Gasteiger partial charge in [-0.15, -0.1) is 12.4 Å². The van der Waals surface area contributed by atoms with E-state index < -0.39 is 11.6 Å². The van der Waals surface area contributed by atoms with Gasteiger partial charge in [-0.25, -0.2) is 4.79 Å². The Morgan fingerprint density at radius 1 is 1.24 bits per heavy atom. The summed E-state index contributed by atoms with van der Waals surface area (Å²) in [7, 11) is 0. The van der Waals surface area contributed by atoms with Crippen molar-refractivity contribution in [2.24, 2.45) is 23.0 Å². The number of amides is 4. The maximum Gasteiger partial charge on any atom is 0.325 e. The summed E-state index contributed by atoms with van der Waals surface area (Å²) in [5.74, 6) is 0.440. The van der Waals surface area contributed by atoms with Gasteiger partial charge < -0.3 is 16.0 Å². The van der Waals surface area contributed by atoms with Crippen molar-refractivity contribution in [2.75, 3.05) is 19.6 Å². The van der Waals surface area contributed by atoms with Crippen molar-refractivity contribution in [2.45, 2.75) is 77.8 Å². The molecule has 3 rings (SSSR count). The average molecular weight is 429 g/mol. The van der Waals surface area contributed by atoms with Crippen LogP contribution >= 0.6 is 12.4 Å². The first kappa shape index (κ1) is 23.9. The normalized spacial score (nSPS) is 31.5. The van der Waals surface area contributed by atoms with Gasteiger partial charge in [0.25, 0.3) is 5.91 Å². The number of hydrogen-bond donors (Lipinski definition) is 2. The van der Waals surface area contributed by atoms with Crippen LogP contribution < -0.4 is 11.1 Å². The number of nitrogens with two attached hydrogens (primary N) is 1. The van der Waals surface area contributed by atoms with Crippen LogP contribution in [0.2, 0.25) is 0 Å². The highest BCUT2D eigenvalue weighted by atomic mass is 35.5. The zero-order valence-corrected chi connectivity index (χ0v) is 19.0. The number of urea groups is 1. The van der Waals surface area contributed by atoms with Crippen molar-refractivity contribution in [3.05, 3.63) is 0 Å². The van der Waals surface area contributed by atoms with Crippen molar-refractivity contribution in [3.8, 4) is 0 Å². The smallest absolute Gasteiger partial charge is 0.325 e. The summed E-state index contributed by atoms with van der Waals surface area (Å²) >= 11 is 0. The van der Waals surface area contributed by atoms with Gasteiger partial charge in [0.2, 0.25) is 5.91 Å². The molecule has 2 heterocycles. The minimum Gasteiger partial charge on any atom is -0.341 e. The van der Waals surface area contributed by atoms with Crippen LogP contribution in [0.1, 0.15) is 66.2 Å². The third kappa shape index (κ3) is 4.88. The van der Waals surface area contributed by atoms with E-state index in [4.69, 9.17) is 5.73 Å². The molecule has 166 valence electrons. The second-order valence-electron chi connectivity index (χ2n) is 10.1. The highest BCUT2D eigenvalue weighted by Gasteiger charge is 2.53. The lowest BCUT2D eigenvalue weighted by molar-refractivity contribution is -0.140. The molecule has 0 aromatic carbocycles. The third-order valence-corrected chi connectivity index (χ3v) is 7.16. The summed E-state index contributed by atoms with van der Waals surface area (Å²) in [6.07, 6.45) is 5.07. The van der Waals surface area contributed by atoms with Crippen LogP contribution in [0.25, 0.3) is 0 Å². The quantitative estimate of drug-likeness (QED) is 0.675. The molecular weight excluding hydrogens is 392 g/mol. The average Bonchev–Trinajstić information content (AvgIpc) is 2.85. The van der Waals surface area contributed by atoms with Crippen LogP contribution in [-0.2, 0) is 9.59 Å². The van der Waals surface area contributed by atoms with E-state index in [2.05, 4.69) is 26.1 Å². The fourth-order valence-corrected chi connectivity index (χ4v) is 5.04. The number of likely N-dealkylation sites (tertiary alicyclic amines) is 1. The molecule has 0 aromatic rings. The Morgan fingerprint density at radius 3 is 2.41 bits per heavy atom. The number of carbonyl (C=O) groups excluding carboxylic acids is 3. The van der Waals surface area contributed by atoms with Crippen LogP contribution in [-0.4, -0.2) is 58.9 Å². The molecule has 3 aliphatic rings. The largest absolute Gasteiger partial charge is 0.341 e. The number of carbonyl (C=O) groups is 3. The van der Waals surface area contributed by atoms with Crippen LogP contribution in [0.4, 0.5) is 4.79 Å². The molecule has 8 heteroatoms. The van der Waals surface area contributed by atoms with Gasteiger partial charge in [-0.05, 0) is 62.7 Å². The second-order valence-corrected chi connectivity index (χ2v) is 10.1. The summed E-state index contributed by atoms with van der Waals surface area (Å²) in [6.45, 7) is 9.76. The van der Waals surface area contributed by atoms with Gasteiger partial charge in [-0.3, -0.25) is 14.5 Å². The van der Waals surface area contributed by atoms with E-state index in [0.717, 1.165) is 30.6 Å². The Labute approximate surface area is 180 Å².